The number of pyridine rings is 1. The number of para-hydroxylation sites is 1. The Bertz CT molecular complexity index is 1330. The molecule has 0 saturated carbocycles. The van der Waals surface area contributed by atoms with Gasteiger partial charge in [0.25, 0.3) is 5.91 Å². The summed E-state index contributed by atoms with van der Waals surface area (Å²) < 4.78 is 0. The fourth-order valence-corrected chi connectivity index (χ4v) is 3.71. The zero-order valence-corrected chi connectivity index (χ0v) is 19.9. The number of carbonyl (C=O) groups is 2. The zero-order valence-electron chi connectivity index (χ0n) is 18.9. The molecule has 0 aliphatic rings. The normalized spacial score (nSPS) is 11.4. The van der Waals surface area contributed by atoms with Crippen molar-refractivity contribution >= 4 is 42.0 Å². The van der Waals surface area contributed by atoms with Gasteiger partial charge in [-0.3, -0.25) is 14.6 Å². The number of amides is 2. The average Bonchev–Trinajstić information content (AvgIpc) is 2.86. The number of nitrogens with one attached hydrogen (secondary N) is 2. The summed E-state index contributed by atoms with van der Waals surface area (Å²) in [5.41, 5.74) is 9.81. The summed E-state index contributed by atoms with van der Waals surface area (Å²) in [6.45, 7) is 2.71. The maximum absolute atomic E-state index is 12.2. The molecule has 0 spiro atoms. The molecule has 0 radical (unpaired) electrons. The standard InChI is InChI=1S/C25H24N6O2.H2S/c1-15(18-4-3-5-19-20(25(33)27-2)10-11-28-23(18)19)13-29-22-12-21(30-14-31-22)16-6-8-17(9-7-16)24(26)32;/h3-12,14-15H,13H2,1-2H3,(H2,26,32)(H,27,33)(H,29,30,31);1H2/t15-;/m1./s1. The van der Waals surface area contributed by atoms with E-state index in [0.29, 0.717) is 23.5 Å². The monoisotopic (exact) mass is 474 g/mol. The van der Waals surface area contributed by atoms with Crippen molar-refractivity contribution in [1.29, 1.82) is 0 Å². The average molecular weight is 475 g/mol. The third-order valence-electron chi connectivity index (χ3n) is 5.53. The second kappa shape index (κ2) is 10.8. The van der Waals surface area contributed by atoms with Crippen LogP contribution in [0, 0.1) is 0 Å². The van der Waals surface area contributed by atoms with Gasteiger partial charge < -0.3 is 16.4 Å². The maximum atomic E-state index is 12.2. The fourth-order valence-electron chi connectivity index (χ4n) is 3.71. The lowest BCUT2D eigenvalue weighted by Gasteiger charge is -2.16. The molecule has 0 bridgehead atoms. The van der Waals surface area contributed by atoms with Gasteiger partial charge >= 0.3 is 0 Å². The Morgan fingerprint density at radius 1 is 1.03 bits per heavy atom. The minimum atomic E-state index is -0.467. The number of anilines is 1. The third kappa shape index (κ3) is 5.15. The zero-order chi connectivity index (χ0) is 23.4. The summed E-state index contributed by atoms with van der Waals surface area (Å²) in [4.78, 5) is 36.7. The number of hydrogen-bond donors (Lipinski definition) is 3. The summed E-state index contributed by atoms with van der Waals surface area (Å²) >= 11 is 0. The number of rotatable bonds is 7. The van der Waals surface area contributed by atoms with Crippen molar-refractivity contribution in [2.24, 2.45) is 5.73 Å². The highest BCUT2D eigenvalue weighted by molar-refractivity contribution is 7.59. The highest BCUT2D eigenvalue weighted by Crippen LogP contribution is 2.27. The smallest absolute Gasteiger partial charge is 0.251 e. The second-order valence-corrected chi connectivity index (χ2v) is 7.69. The minimum absolute atomic E-state index is 0. The summed E-state index contributed by atoms with van der Waals surface area (Å²) in [5, 5.41) is 6.87. The lowest BCUT2D eigenvalue weighted by molar-refractivity contribution is 0.0963. The Balaban J connectivity index is 0.00000324. The first-order chi connectivity index (χ1) is 16.0. The molecule has 174 valence electrons. The molecule has 1 atom stereocenters. The molecule has 4 N–H and O–H groups in total. The van der Waals surface area contributed by atoms with Gasteiger partial charge in [0.05, 0.1) is 16.8 Å². The van der Waals surface area contributed by atoms with Crippen LogP contribution in [0.2, 0.25) is 0 Å². The number of hydrogen-bond acceptors (Lipinski definition) is 6. The second-order valence-electron chi connectivity index (χ2n) is 7.69. The van der Waals surface area contributed by atoms with Crippen LogP contribution in [-0.2, 0) is 0 Å². The number of carbonyl (C=O) groups excluding carboxylic acids is 2. The van der Waals surface area contributed by atoms with Crippen molar-refractivity contribution in [3.05, 3.63) is 83.8 Å². The van der Waals surface area contributed by atoms with E-state index in [9.17, 15) is 9.59 Å². The van der Waals surface area contributed by atoms with Crippen molar-refractivity contribution in [2.75, 3.05) is 18.9 Å². The van der Waals surface area contributed by atoms with Crippen molar-refractivity contribution in [3.63, 3.8) is 0 Å². The van der Waals surface area contributed by atoms with Crippen LogP contribution in [0.3, 0.4) is 0 Å². The summed E-state index contributed by atoms with van der Waals surface area (Å²) in [6, 6.07) is 16.4. The number of benzene rings is 2. The summed E-state index contributed by atoms with van der Waals surface area (Å²) in [6.07, 6.45) is 3.16. The Labute approximate surface area is 204 Å². The van der Waals surface area contributed by atoms with Crippen LogP contribution in [0.5, 0.6) is 0 Å². The van der Waals surface area contributed by atoms with Gasteiger partial charge in [-0.05, 0) is 23.8 Å². The van der Waals surface area contributed by atoms with E-state index in [1.807, 2.05) is 24.3 Å². The van der Waals surface area contributed by atoms with E-state index in [1.54, 1.807) is 43.6 Å². The molecule has 0 unspecified atom stereocenters. The van der Waals surface area contributed by atoms with Gasteiger partial charge in [-0.15, -0.1) is 0 Å². The summed E-state index contributed by atoms with van der Waals surface area (Å²) in [5.74, 6) is 0.188. The molecule has 2 aromatic carbocycles. The third-order valence-corrected chi connectivity index (χ3v) is 5.53. The van der Waals surface area contributed by atoms with Crippen LogP contribution < -0.4 is 16.4 Å². The van der Waals surface area contributed by atoms with E-state index < -0.39 is 5.91 Å². The van der Waals surface area contributed by atoms with E-state index >= 15 is 0 Å². The molecular formula is C25H26N6O2S. The molecular weight excluding hydrogens is 448 g/mol. The van der Waals surface area contributed by atoms with E-state index in [0.717, 1.165) is 27.7 Å². The molecule has 0 fully saturated rings. The first-order valence-corrected chi connectivity index (χ1v) is 10.5. The highest BCUT2D eigenvalue weighted by Gasteiger charge is 2.15. The number of aromatic nitrogens is 3. The molecule has 4 rings (SSSR count). The number of primary amides is 1. The quantitative estimate of drug-likeness (QED) is 0.377. The SMILES string of the molecule is CNC(=O)c1ccnc2c([C@H](C)CNc3cc(-c4ccc(C(N)=O)cc4)ncn3)cccc12.S. The number of nitrogens with two attached hydrogens (primary N) is 1. The van der Waals surface area contributed by atoms with Crippen LogP contribution in [-0.4, -0.2) is 40.4 Å². The molecule has 8 nitrogen and oxygen atoms in total. The van der Waals surface area contributed by atoms with Gasteiger partial charge in [-0.1, -0.05) is 37.3 Å². The van der Waals surface area contributed by atoms with Gasteiger partial charge in [-0.2, -0.15) is 13.5 Å². The largest absolute Gasteiger partial charge is 0.369 e. The van der Waals surface area contributed by atoms with Gasteiger partial charge in [-0.25, -0.2) is 9.97 Å². The first-order valence-electron chi connectivity index (χ1n) is 10.5. The number of fused-ring (bicyclic) bond motifs is 1. The molecule has 9 heteroatoms. The Hall–Kier alpha value is -3.98. The Morgan fingerprint density at radius 3 is 2.50 bits per heavy atom. The van der Waals surface area contributed by atoms with E-state index in [-0.39, 0.29) is 25.3 Å². The van der Waals surface area contributed by atoms with Crippen molar-refractivity contribution < 1.29 is 9.59 Å². The maximum Gasteiger partial charge on any atom is 0.251 e. The van der Waals surface area contributed by atoms with Gasteiger partial charge in [0.1, 0.15) is 12.1 Å². The highest BCUT2D eigenvalue weighted by atomic mass is 32.1. The molecule has 0 aliphatic carbocycles. The molecule has 34 heavy (non-hydrogen) atoms. The van der Waals surface area contributed by atoms with Gasteiger partial charge in [0, 0.05) is 48.3 Å². The summed E-state index contributed by atoms with van der Waals surface area (Å²) in [7, 11) is 1.62. The van der Waals surface area contributed by atoms with Crippen LogP contribution >= 0.6 is 13.5 Å². The van der Waals surface area contributed by atoms with Gasteiger partial charge in [0.15, 0.2) is 0 Å². The van der Waals surface area contributed by atoms with E-state index in [2.05, 4.69) is 32.5 Å². The molecule has 4 aromatic rings. The molecule has 0 saturated heterocycles. The van der Waals surface area contributed by atoms with E-state index in [4.69, 9.17) is 5.73 Å². The van der Waals surface area contributed by atoms with E-state index in [1.165, 1.54) is 6.33 Å². The lowest BCUT2D eigenvalue weighted by atomic mass is 9.96. The van der Waals surface area contributed by atoms with Crippen LogP contribution in [0.25, 0.3) is 22.2 Å². The predicted octanol–water partition coefficient (Wildman–Crippen LogP) is 3.48. The van der Waals surface area contributed by atoms with Gasteiger partial charge in [0.2, 0.25) is 5.91 Å². The predicted molar refractivity (Wildman–Crippen MR) is 138 cm³/mol. The van der Waals surface area contributed by atoms with Crippen LogP contribution in [0.4, 0.5) is 5.82 Å². The Kier molecular flexibility index (Phi) is 7.80. The molecule has 2 amide bonds. The molecule has 2 aromatic heterocycles. The van der Waals surface area contributed by atoms with Crippen molar-refractivity contribution in [2.45, 2.75) is 12.8 Å². The topological polar surface area (TPSA) is 123 Å². The minimum Gasteiger partial charge on any atom is -0.369 e. The lowest BCUT2D eigenvalue weighted by Crippen LogP contribution is -2.18. The molecule has 0 aliphatic heterocycles. The van der Waals surface area contributed by atoms with Crippen LogP contribution in [0.15, 0.2) is 67.1 Å². The molecule has 2 heterocycles. The van der Waals surface area contributed by atoms with Crippen molar-refractivity contribution in [3.8, 4) is 11.3 Å². The van der Waals surface area contributed by atoms with Crippen molar-refractivity contribution in [1.82, 2.24) is 20.3 Å². The van der Waals surface area contributed by atoms with Crippen LogP contribution in [0.1, 0.15) is 39.1 Å². The number of nitrogens with zero attached hydrogens (tertiary/aromatic N) is 3. The Morgan fingerprint density at radius 2 is 1.79 bits per heavy atom. The fraction of sp³-hybridized carbons (Fsp3) is 0.160. The first kappa shape index (κ1) is 24.7.